The lowest BCUT2D eigenvalue weighted by atomic mass is 10.4. The lowest BCUT2D eigenvalue weighted by Crippen LogP contribution is -2.15. The normalized spacial score (nSPS) is 27.2. The smallest absolute Gasteiger partial charge is 0.125 e. The van der Waals surface area contributed by atoms with Crippen molar-refractivity contribution in [2.24, 2.45) is 0 Å². The summed E-state index contributed by atoms with van der Waals surface area (Å²) in [5.74, 6) is 0. The summed E-state index contributed by atoms with van der Waals surface area (Å²) < 4.78 is 0. The maximum atomic E-state index is 5.76. The van der Waals surface area contributed by atoms with Crippen LogP contribution in [0.25, 0.3) is 0 Å². The Balaban J connectivity index is 2.53. The van der Waals surface area contributed by atoms with Gasteiger partial charge in [-0.1, -0.05) is 12.2 Å². The summed E-state index contributed by atoms with van der Waals surface area (Å²) in [7, 11) is 0. The minimum Gasteiger partial charge on any atom is -0.125 e. The van der Waals surface area contributed by atoms with Gasteiger partial charge in [-0.25, -0.2) is 0 Å². The maximum absolute atomic E-state index is 5.76. The molecule has 0 aromatic rings. The van der Waals surface area contributed by atoms with Gasteiger partial charge in [-0.2, -0.15) is 0 Å². The van der Waals surface area contributed by atoms with Crippen molar-refractivity contribution >= 4 is 39.2 Å². The van der Waals surface area contributed by atoms with Crippen molar-refractivity contribution in [2.75, 3.05) is 0 Å². The van der Waals surface area contributed by atoms with Gasteiger partial charge in [0.2, 0.25) is 0 Å². The second kappa shape index (κ2) is 2.83. The Morgan fingerprint density at radius 3 is 2.22 bits per heavy atom. The standard InChI is InChI=1S/C5H7Cl3Si/c6-9(7,8)5-3-1-2-4-5/h1,3,5H,2,4H2/t5-/m0/s1. The van der Waals surface area contributed by atoms with Crippen molar-refractivity contribution in [1.82, 2.24) is 0 Å². The number of hydrogen-bond acceptors (Lipinski definition) is 0. The van der Waals surface area contributed by atoms with E-state index in [1.165, 1.54) is 0 Å². The predicted molar refractivity (Wildman–Crippen MR) is 45.4 cm³/mol. The summed E-state index contributed by atoms with van der Waals surface area (Å²) in [6.45, 7) is 0. The van der Waals surface area contributed by atoms with E-state index in [1.807, 2.05) is 6.08 Å². The largest absolute Gasteiger partial charge is 0.347 e. The Morgan fingerprint density at radius 1 is 1.33 bits per heavy atom. The highest BCUT2D eigenvalue weighted by atomic mass is 35.8. The van der Waals surface area contributed by atoms with Crippen LogP contribution in [-0.4, -0.2) is 6.00 Å². The minimum absolute atomic E-state index is 0.266. The highest BCUT2D eigenvalue weighted by molar-refractivity contribution is 7.65. The average molecular weight is 202 g/mol. The molecule has 0 saturated carbocycles. The molecule has 0 unspecified atom stereocenters. The summed E-state index contributed by atoms with van der Waals surface area (Å²) >= 11 is 17.3. The summed E-state index contributed by atoms with van der Waals surface area (Å²) in [4.78, 5) is 0. The van der Waals surface area contributed by atoms with Crippen LogP contribution in [0.5, 0.6) is 0 Å². The van der Waals surface area contributed by atoms with Crippen LogP contribution in [0.15, 0.2) is 12.2 Å². The van der Waals surface area contributed by atoms with Crippen molar-refractivity contribution in [3.8, 4) is 0 Å². The third-order valence-electron chi connectivity index (χ3n) is 1.43. The molecular weight excluding hydrogens is 194 g/mol. The first-order valence-electron chi connectivity index (χ1n) is 2.84. The number of hydrogen-bond donors (Lipinski definition) is 0. The summed E-state index contributed by atoms with van der Waals surface area (Å²) in [5, 5.41) is 0. The van der Waals surface area contributed by atoms with E-state index in [2.05, 4.69) is 6.08 Å². The zero-order valence-electron chi connectivity index (χ0n) is 4.78. The Kier molecular flexibility index (Phi) is 2.49. The highest BCUT2D eigenvalue weighted by Crippen LogP contribution is 2.40. The van der Waals surface area contributed by atoms with Crippen LogP contribution in [0.3, 0.4) is 0 Å². The molecule has 0 aliphatic heterocycles. The molecule has 0 amide bonds. The second-order valence-corrected chi connectivity index (χ2v) is 11.1. The summed E-state index contributed by atoms with van der Waals surface area (Å²) in [6.07, 6.45) is 6.22. The van der Waals surface area contributed by atoms with Crippen LogP contribution >= 0.6 is 33.2 Å². The molecule has 1 rings (SSSR count). The monoisotopic (exact) mass is 200 g/mol. The van der Waals surface area contributed by atoms with Crippen LogP contribution in [0.4, 0.5) is 0 Å². The molecule has 0 fully saturated rings. The summed E-state index contributed by atoms with van der Waals surface area (Å²) in [5.41, 5.74) is 0.266. The quantitative estimate of drug-likeness (QED) is 0.347. The molecule has 0 aromatic carbocycles. The van der Waals surface area contributed by atoms with Crippen LogP contribution in [0.2, 0.25) is 5.54 Å². The van der Waals surface area contributed by atoms with E-state index in [-0.39, 0.29) is 5.54 Å². The molecule has 0 nitrogen and oxygen atoms in total. The van der Waals surface area contributed by atoms with Crippen molar-refractivity contribution in [3.63, 3.8) is 0 Å². The zero-order valence-corrected chi connectivity index (χ0v) is 8.05. The topological polar surface area (TPSA) is 0 Å². The minimum atomic E-state index is -2.39. The summed E-state index contributed by atoms with van der Waals surface area (Å²) in [6, 6.07) is -2.39. The SMILES string of the molecule is Cl[Si](Cl)(Cl)[C@H]1C=CCC1. The Hall–Kier alpha value is 0.827. The highest BCUT2D eigenvalue weighted by Gasteiger charge is 2.35. The molecule has 0 heterocycles. The van der Waals surface area contributed by atoms with Gasteiger partial charge in [0.15, 0.2) is 0 Å². The van der Waals surface area contributed by atoms with Crippen molar-refractivity contribution in [2.45, 2.75) is 18.4 Å². The third-order valence-corrected chi connectivity index (χ3v) is 5.28. The first-order valence-corrected chi connectivity index (χ1v) is 7.95. The van der Waals surface area contributed by atoms with Gasteiger partial charge >= 0.3 is 6.00 Å². The van der Waals surface area contributed by atoms with Gasteiger partial charge in [0, 0.05) is 5.54 Å². The van der Waals surface area contributed by atoms with Crippen LogP contribution < -0.4 is 0 Å². The molecule has 0 spiro atoms. The van der Waals surface area contributed by atoms with Crippen LogP contribution in [0, 0.1) is 0 Å². The fourth-order valence-corrected chi connectivity index (χ4v) is 3.39. The van der Waals surface area contributed by atoms with E-state index in [9.17, 15) is 0 Å². The van der Waals surface area contributed by atoms with Crippen LogP contribution in [0.1, 0.15) is 12.8 Å². The number of rotatable bonds is 1. The van der Waals surface area contributed by atoms with E-state index in [0.717, 1.165) is 12.8 Å². The Bertz CT molecular complexity index is 127. The molecule has 1 aliphatic rings. The number of halogens is 3. The van der Waals surface area contributed by atoms with Crippen molar-refractivity contribution in [3.05, 3.63) is 12.2 Å². The fraction of sp³-hybridized carbons (Fsp3) is 0.600. The van der Waals surface area contributed by atoms with Crippen molar-refractivity contribution < 1.29 is 0 Å². The molecule has 1 aliphatic carbocycles. The molecule has 9 heavy (non-hydrogen) atoms. The van der Waals surface area contributed by atoms with E-state index in [1.54, 1.807) is 0 Å². The first-order chi connectivity index (χ1) is 4.11. The van der Waals surface area contributed by atoms with E-state index < -0.39 is 6.00 Å². The van der Waals surface area contributed by atoms with Gasteiger partial charge in [0.1, 0.15) is 0 Å². The lowest BCUT2D eigenvalue weighted by Gasteiger charge is -2.13. The molecule has 0 aromatic heterocycles. The predicted octanol–water partition coefficient (Wildman–Crippen LogP) is 3.36. The average Bonchev–Trinajstić information content (AvgIpc) is 2.08. The maximum Gasteiger partial charge on any atom is 0.347 e. The van der Waals surface area contributed by atoms with E-state index in [0.29, 0.717) is 0 Å². The molecule has 52 valence electrons. The van der Waals surface area contributed by atoms with Crippen molar-refractivity contribution in [1.29, 1.82) is 0 Å². The number of allylic oxidation sites excluding steroid dienone is 2. The second-order valence-electron chi connectivity index (χ2n) is 2.15. The molecule has 0 bridgehead atoms. The van der Waals surface area contributed by atoms with Gasteiger partial charge in [0.25, 0.3) is 0 Å². The van der Waals surface area contributed by atoms with E-state index >= 15 is 0 Å². The molecule has 0 N–H and O–H groups in total. The molecule has 4 heteroatoms. The molecule has 1 atom stereocenters. The molecule has 0 saturated heterocycles. The van der Waals surface area contributed by atoms with E-state index in [4.69, 9.17) is 33.2 Å². The lowest BCUT2D eigenvalue weighted by molar-refractivity contribution is 0.917. The Morgan fingerprint density at radius 2 is 2.00 bits per heavy atom. The molecule has 0 radical (unpaired) electrons. The Labute approximate surface area is 69.9 Å². The van der Waals surface area contributed by atoms with Crippen LogP contribution in [-0.2, 0) is 0 Å². The van der Waals surface area contributed by atoms with Gasteiger partial charge in [-0.15, -0.1) is 33.2 Å². The van der Waals surface area contributed by atoms with Gasteiger partial charge in [0.05, 0.1) is 0 Å². The van der Waals surface area contributed by atoms with Gasteiger partial charge < -0.3 is 0 Å². The molecular formula is C5H7Cl3Si. The fourth-order valence-electron chi connectivity index (χ4n) is 0.905. The van der Waals surface area contributed by atoms with Gasteiger partial charge in [-0.3, -0.25) is 0 Å². The van der Waals surface area contributed by atoms with Gasteiger partial charge in [-0.05, 0) is 12.8 Å². The third kappa shape index (κ3) is 2.15. The first kappa shape index (κ1) is 7.93. The zero-order chi connectivity index (χ0) is 6.91.